The van der Waals surface area contributed by atoms with E-state index in [0.29, 0.717) is 18.7 Å². The summed E-state index contributed by atoms with van der Waals surface area (Å²) in [5.74, 6) is 0.235. The van der Waals surface area contributed by atoms with Crippen molar-refractivity contribution < 1.29 is 17.9 Å². The molecule has 0 spiro atoms. The highest BCUT2D eigenvalue weighted by Gasteiger charge is 2.31. The second-order valence-electron chi connectivity index (χ2n) is 6.42. The predicted molar refractivity (Wildman–Crippen MR) is 99.8 cm³/mol. The average Bonchev–Trinajstić information content (AvgIpc) is 3.01. The Bertz CT molecular complexity index is 897. The van der Waals surface area contributed by atoms with Gasteiger partial charge in [-0.1, -0.05) is 24.3 Å². The zero-order chi connectivity index (χ0) is 18.7. The highest BCUT2D eigenvalue weighted by atomic mass is 32.2. The van der Waals surface area contributed by atoms with Crippen molar-refractivity contribution in [3.8, 4) is 5.75 Å². The topological polar surface area (TPSA) is 75.7 Å². The number of aryl methyl sites for hydroxylation is 1. The monoisotopic (exact) mass is 374 g/mol. The molecule has 1 fully saturated rings. The first kappa shape index (κ1) is 18.4. The summed E-state index contributed by atoms with van der Waals surface area (Å²) < 4.78 is 33.1. The first-order valence-electron chi connectivity index (χ1n) is 8.40. The van der Waals surface area contributed by atoms with Crippen LogP contribution >= 0.6 is 0 Å². The van der Waals surface area contributed by atoms with Gasteiger partial charge in [-0.3, -0.25) is 4.79 Å². The van der Waals surface area contributed by atoms with Crippen molar-refractivity contribution in [2.24, 2.45) is 5.92 Å². The average molecular weight is 374 g/mol. The van der Waals surface area contributed by atoms with Crippen molar-refractivity contribution in [3.05, 3.63) is 54.1 Å². The van der Waals surface area contributed by atoms with E-state index in [9.17, 15) is 13.2 Å². The second-order valence-corrected chi connectivity index (χ2v) is 8.15. The van der Waals surface area contributed by atoms with Gasteiger partial charge in [0.2, 0.25) is 15.9 Å². The standard InChI is InChI=1S/C19H22N2O4S/c1-14-8-9-17(25-2)18(10-14)26(23,24)20-12-15-11-19(22)21(13-15)16-6-4-3-5-7-16/h3-10,15,20H,11-13H2,1-2H3. The van der Waals surface area contributed by atoms with Gasteiger partial charge in [0.1, 0.15) is 10.6 Å². The van der Waals surface area contributed by atoms with Gasteiger partial charge in [0.05, 0.1) is 7.11 Å². The van der Waals surface area contributed by atoms with Gasteiger partial charge in [-0.2, -0.15) is 0 Å². The highest BCUT2D eigenvalue weighted by Crippen LogP contribution is 2.27. The number of carbonyl (C=O) groups excluding carboxylic acids is 1. The number of para-hydroxylation sites is 1. The molecule has 0 bridgehead atoms. The number of amides is 1. The van der Waals surface area contributed by atoms with Gasteiger partial charge in [0.25, 0.3) is 0 Å². The molecular formula is C19H22N2O4S. The van der Waals surface area contributed by atoms with E-state index in [1.165, 1.54) is 7.11 Å². The summed E-state index contributed by atoms with van der Waals surface area (Å²) in [5.41, 5.74) is 1.67. The Morgan fingerprint density at radius 2 is 1.92 bits per heavy atom. The van der Waals surface area contributed by atoms with Crippen LogP contribution in [-0.2, 0) is 14.8 Å². The maximum Gasteiger partial charge on any atom is 0.244 e. The molecule has 2 aromatic rings. The Morgan fingerprint density at radius 3 is 2.62 bits per heavy atom. The van der Waals surface area contributed by atoms with E-state index in [1.54, 1.807) is 23.1 Å². The molecule has 0 saturated carbocycles. The van der Waals surface area contributed by atoms with Gasteiger partial charge >= 0.3 is 0 Å². The van der Waals surface area contributed by atoms with Crippen molar-refractivity contribution in [3.63, 3.8) is 0 Å². The maximum atomic E-state index is 12.7. The van der Waals surface area contributed by atoms with Crippen molar-refractivity contribution in [2.75, 3.05) is 25.1 Å². The highest BCUT2D eigenvalue weighted by molar-refractivity contribution is 7.89. The smallest absolute Gasteiger partial charge is 0.244 e. The Morgan fingerprint density at radius 1 is 1.19 bits per heavy atom. The summed E-state index contributed by atoms with van der Waals surface area (Å²) in [7, 11) is -2.28. The van der Waals surface area contributed by atoms with E-state index in [1.807, 2.05) is 37.3 Å². The summed E-state index contributed by atoms with van der Waals surface area (Å²) in [4.78, 5) is 14.1. The molecular weight excluding hydrogens is 352 g/mol. The first-order valence-corrected chi connectivity index (χ1v) is 9.89. The van der Waals surface area contributed by atoms with Crippen LogP contribution in [0.5, 0.6) is 5.75 Å². The molecule has 1 amide bonds. The molecule has 26 heavy (non-hydrogen) atoms. The van der Waals surface area contributed by atoms with E-state index in [0.717, 1.165) is 11.3 Å². The summed E-state index contributed by atoms with van der Waals surface area (Å²) >= 11 is 0. The van der Waals surface area contributed by atoms with E-state index in [2.05, 4.69) is 4.72 Å². The fourth-order valence-electron chi connectivity index (χ4n) is 3.08. The molecule has 1 heterocycles. The summed E-state index contributed by atoms with van der Waals surface area (Å²) in [6.45, 7) is 2.52. The number of benzene rings is 2. The maximum absolute atomic E-state index is 12.7. The quantitative estimate of drug-likeness (QED) is 0.842. The van der Waals surface area contributed by atoms with E-state index in [4.69, 9.17) is 4.74 Å². The molecule has 6 nitrogen and oxygen atoms in total. The molecule has 0 radical (unpaired) electrons. The van der Waals surface area contributed by atoms with E-state index < -0.39 is 10.0 Å². The molecule has 1 unspecified atom stereocenters. The lowest BCUT2D eigenvalue weighted by atomic mass is 10.1. The number of anilines is 1. The molecule has 3 rings (SSSR count). The van der Waals surface area contributed by atoms with Crippen LogP contribution in [-0.4, -0.2) is 34.5 Å². The molecule has 1 aliphatic rings. The third kappa shape index (κ3) is 3.89. The van der Waals surface area contributed by atoms with Crippen LogP contribution in [0.2, 0.25) is 0 Å². The number of sulfonamides is 1. The number of methoxy groups -OCH3 is 1. The van der Waals surface area contributed by atoms with Crippen LogP contribution in [0.3, 0.4) is 0 Å². The lowest BCUT2D eigenvalue weighted by Gasteiger charge is -2.17. The van der Waals surface area contributed by atoms with Crippen LogP contribution in [0.4, 0.5) is 5.69 Å². The fourth-order valence-corrected chi connectivity index (χ4v) is 4.44. The summed E-state index contributed by atoms with van der Waals surface area (Å²) in [6, 6.07) is 14.4. The Kier molecular flexibility index (Phi) is 5.29. The molecule has 1 saturated heterocycles. The number of ether oxygens (including phenoxy) is 1. The first-order chi connectivity index (χ1) is 12.4. The summed E-state index contributed by atoms with van der Waals surface area (Å²) in [6.07, 6.45) is 0.322. The third-order valence-corrected chi connectivity index (χ3v) is 5.89. The zero-order valence-corrected chi connectivity index (χ0v) is 15.6. The van der Waals surface area contributed by atoms with Crippen molar-refractivity contribution in [1.82, 2.24) is 4.72 Å². The second kappa shape index (κ2) is 7.47. The molecule has 1 atom stereocenters. The van der Waals surface area contributed by atoms with Crippen LogP contribution in [0, 0.1) is 12.8 Å². The molecule has 7 heteroatoms. The number of hydrogen-bond acceptors (Lipinski definition) is 4. The van der Waals surface area contributed by atoms with E-state index >= 15 is 0 Å². The van der Waals surface area contributed by atoms with Crippen LogP contribution < -0.4 is 14.4 Å². The van der Waals surface area contributed by atoms with Gasteiger partial charge in [0, 0.05) is 25.2 Å². The minimum Gasteiger partial charge on any atom is -0.495 e. The van der Waals surface area contributed by atoms with Gasteiger partial charge < -0.3 is 9.64 Å². The minimum absolute atomic E-state index is 0.00790. The van der Waals surface area contributed by atoms with E-state index in [-0.39, 0.29) is 23.3 Å². The summed E-state index contributed by atoms with van der Waals surface area (Å²) in [5, 5.41) is 0. The Labute approximate surface area is 153 Å². The lowest BCUT2D eigenvalue weighted by molar-refractivity contribution is -0.117. The Hall–Kier alpha value is -2.38. The van der Waals surface area contributed by atoms with Crippen LogP contribution in [0.15, 0.2) is 53.4 Å². The molecule has 1 aliphatic heterocycles. The van der Waals surface area contributed by atoms with Gasteiger partial charge in [-0.25, -0.2) is 13.1 Å². The van der Waals surface area contributed by atoms with Gasteiger partial charge in [-0.05, 0) is 42.7 Å². The van der Waals surface area contributed by atoms with Gasteiger partial charge in [-0.15, -0.1) is 0 Å². The number of nitrogens with one attached hydrogen (secondary N) is 1. The number of hydrogen-bond donors (Lipinski definition) is 1. The van der Waals surface area contributed by atoms with Crippen LogP contribution in [0.1, 0.15) is 12.0 Å². The minimum atomic E-state index is -3.72. The molecule has 0 aliphatic carbocycles. The molecule has 0 aromatic heterocycles. The zero-order valence-electron chi connectivity index (χ0n) is 14.8. The Balaban J connectivity index is 1.69. The van der Waals surface area contributed by atoms with Crippen molar-refractivity contribution >= 4 is 21.6 Å². The van der Waals surface area contributed by atoms with Gasteiger partial charge in [0.15, 0.2) is 0 Å². The lowest BCUT2D eigenvalue weighted by Crippen LogP contribution is -2.31. The molecule has 1 N–H and O–H groups in total. The van der Waals surface area contributed by atoms with Crippen molar-refractivity contribution in [2.45, 2.75) is 18.2 Å². The van der Waals surface area contributed by atoms with Crippen LogP contribution in [0.25, 0.3) is 0 Å². The normalized spacial score (nSPS) is 17.5. The SMILES string of the molecule is COc1ccc(C)cc1S(=O)(=O)NCC1CC(=O)N(c2ccccc2)C1. The number of rotatable bonds is 6. The third-order valence-electron chi connectivity index (χ3n) is 4.44. The largest absolute Gasteiger partial charge is 0.495 e. The van der Waals surface area contributed by atoms with Crippen molar-refractivity contribution in [1.29, 1.82) is 0 Å². The fraction of sp³-hybridized carbons (Fsp3) is 0.316. The molecule has 2 aromatic carbocycles. The predicted octanol–water partition coefficient (Wildman–Crippen LogP) is 2.34. The molecule has 138 valence electrons. The number of nitrogens with zero attached hydrogens (tertiary/aromatic N) is 1. The number of carbonyl (C=O) groups is 1.